The number of carbonyl (C=O) groups excluding carboxylic acids is 1. The van der Waals surface area contributed by atoms with E-state index in [1.54, 1.807) is 56.3 Å². The van der Waals surface area contributed by atoms with Crippen molar-refractivity contribution >= 4 is 42.0 Å². The van der Waals surface area contributed by atoms with Crippen LogP contribution in [0.4, 0.5) is 31.1 Å². The number of methoxy groups -OCH3 is 1. The smallest absolute Gasteiger partial charge is 0.416 e. The number of benzene rings is 4. The molecule has 0 heterocycles. The van der Waals surface area contributed by atoms with Crippen molar-refractivity contribution in [2.45, 2.75) is 52.3 Å². The number of aliphatic hydroxyl groups excluding tert-OH is 1. The highest BCUT2D eigenvalue weighted by molar-refractivity contribution is 6.35. The van der Waals surface area contributed by atoms with Gasteiger partial charge in [0.05, 0.1) is 35.5 Å². The standard InChI is InChI=1S/C42H43ClF6N2O4/c1-27(2)55-40(53)51(20-22-54-4)26-30-12-18-38(42(47,48)49)34(24-30)16-14-32-8-6-10-36(39(32)43)35-9-5-7-31(28(35)3)13-15-33-23-29(25-50-19-21-52)11-17-37(33)41(44,45)46/h5-18,23-24,27,50,52H,19-22,25-26H2,1-4H3/b15-13+,16-14+. The number of nitrogens with zero attached hydrogens (tertiary/aromatic N) is 1. The Balaban J connectivity index is 1.68. The molecule has 0 saturated heterocycles. The van der Waals surface area contributed by atoms with Crippen molar-refractivity contribution in [3.05, 3.63) is 128 Å². The topological polar surface area (TPSA) is 71.0 Å². The number of alkyl halides is 6. The van der Waals surface area contributed by atoms with Crippen molar-refractivity contribution in [1.29, 1.82) is 0 Å². The summed E-state index contributed by atoms with van der Waals surface area (Å²) < 4.78 is 94.6. The fourth-order valence-corrected chi connectivity index (χ4v) is 6.13. The highest BCUT2D eigenvalue weighted by atomic mass is 35.5. The lowest BCUT2D eigenvalue weighted by Crippen LogP contribution is -2.35. The zero-order valence-electron chi connectivity index (χ0n) is 30.8. The summed E-state index contributed by atoms with van der Waals surface area (Å²) in [6, 6.07) is 18.0. The number of rotatable bonds is 15. The number of amides is 1. The first-order valence-electron chi connectivity index (χ1n) is 17.4. The fourth-order valence-electron chi connectivity index (χ4n) is 5.84. The molecule has 55 heavy (non-hydrogen) atoms. The number of hydrogen-bond acceptors (Lipinski definition) is 5. The zero-order valence-corrected chi connectivity index (χ0v) is 31.6. The monoisotopic (exact) mass is 788 g/mol. The van der Waals surface area contributed by atoms with Gasteiger partial charge in [0.25, 0.3) is 0 Å². The van der Waals surface area contributed by atoms with Crippen LogP contribution in [0, 0.1) is 6.92 Å². The minimum Gasteiger partial charge on any atom is -0.447 e. The largest absolute Gasteiger partial charge is 0.447 e. The predicted octanol–water partition coefficient (Wildman–Crippen LogP) is 10.8. The molecule has 0 fully saturated rings. The maximum absolute atomic E-state index is 14.2. The first-order chi connectivity index (χ1) is 26.0. The Morgan fingerprint density at radius 2 is 1.36 bits per heavy atom. The Morgan fingerprint density at radius 1 is 0.818 bits per heavy atom. The molecule has 4 aromatic carbocycles. The van der Waals surface area contributed by atoms with Gasteiger partial charge in [0, 0.05) is 38.9 Å². The lowest BCUT2D eigenvalue weighted by Gasteiger charge is -2.23. The van der Waals surface area contributed by atoms with Gasteiger partial charge in [-0.05, 0) is 89.5 Å². The summed E-state index contributed by atoms with van der Waals surface area (Å²) in [4.78, 5) is 14.1. The third-order valence-electron chi connectivity index (χ3n) is 8.57. The Kier molecular flexibility index (Phi) is 15.1. The number of carbonyl (C=O) groups is 1. The van der Waals surface area contributed by atoms with Gasteiger partial charge in [-0.1, -0.05) is 84.4 Å². The summed E-state index contributed by atoms with van der Waals surface area (Å²) in [7, 11) is 1.47. The summed E-state index contributed by atoms with van der Waals surface area (Å²) in [5.41, 5.74) is 2.29. The average Bonchev–Trinajstić information content (AvgIpc) is 3.11. The number of halogens is 7. The van der Waals surface area contributed by atoms with Gasteiger partial charge >= 0.3 is 18.4 Å². The quantitative estimate of drug-likeness (QED) is 0.0713. The lowest BCUT2D eigenvalue weighted by molar-refractivity contribution is -0.138. The van der Waals surface area contributed by atoms with Crippen molar-refractivity contribution in [3.63, 3.8) is 0 Å². The van der Waals surface area contributed by atoms with E-state index in [-0.39, 0.29) is 49.0 Å². The molecular weight excluding hydrogens is 746 g/mol. The van der Waals surface area contributed by atoms with Gasteiger partial charge < -0.3 is 24.8 Å². The van der Waals surface area contributed by atoms with E-state index in [4.69, 9.17) is 26.2 Å². The Morgan fingerprint density at radius 3 is 1.95 bits per heavy atom. The van der Waals surface area contributed by atoms with Crippen LogP contribution in [-0.4, -0.2) is 55.6 Å². The summed E-state index contributed by atoms with van der Waals surface area (Å²) in [5.74, 6) is 0. The van der Waals surface area contributed by atoms with Crippen LogP contribution in [-0.2, 0) is 34.9 Å². The predicted molar refractivity (Wildman–Crippen MR) is 205 cm³/mol. The Labute approximate surface area is 322 Å². The van der Waals surface area contributed by atoms with E-state index < -0.39 is 35.7 Å². The van der Waals surface area contributed by atoms with Crippen LogP contribution in [0.3, 0.4) is 0 Å². The van der Waals surface area contributed by atoms with Crippen LogP contribution >= 0.6 is 11.6 Å². The van der Waals surface area contributed by atoms with Crippen LogP contribution in [0.25, 0.3) is 35.4 Å². The zero-order chi connectivity index (χ0) is 40.3. The minimum atomic E-state index is -4.67. The van der Waals surface area contributed by atoms with Crippen LogP contribution in [0.2, 0.25) is 5.02 Å². The molecule has 4 rings (SSSR count). The molecule has 1 amide bonds. The average molecular weight is 789 g/mol. The van der Waals surface area contributed by atoms with Gasteiger partial charge in [-0.3, -0.25) is 0 Å². The van der Waals surface area contributed by atoms with Crippen molar-refractivity contribution in [3.8, 4) is 11.1 Å². The van der Waals surface area contributed by atoms with Crippen LogP contribution < -0.4 is 5.32 Å². The molecule has 0 bridgehead atoms. The second-order valence-electron chi connectivity index (χ2n) is 13.0. The number of nitrogens with one attached hydrogen (secondary N) is 1. The van der Waals surface area contributed by atoms with E-state index in [1.807, 2.05) is 6.92 Å². The van der Waals surface area contributed by atoms with Gasteiger partial charge in [-0.2, -0.15) is 26.3 Å². The first-order valence-corrected chi connectivity index (χ1v) is 17.8. The SMILES string of the molecule is COCCN(Cc1ccc(C(F)(F)F)c(/C=C/c2cccc(-c3cccc(/C=C/c4cc(CNCCO)ccc4C(F)(F)F)c3C)c2Cl)c1)C(=O)OC(C)C. The number of aliphatic hydroxyl groups is 1. The second kappa shape index (κ2) is 19.3. The molecule has 6 nitrogen and oxygen atoms in total. The molecule has 0 saturated carbocycles. The van der Waals surface area contributed by atoms with Gasteiger partial charge in [0.15, 0.2) is 0 Å². The van der Waals surface area contributed by atoms with E-state index >= 15 is 0 Å². The molecule has 0 spiro atoms. The maximum Gasteiger partial charge on any atom is 0.416 e. The van der Waals surface area contributed by atoms with E-state index in [1.165, 1.54) is 54.5 Å². The summed E-state index contributed by atoms with van der Waals surface area (Å²) in [6.07, 6.45) is -4.46. The van der Waals surface area contributed by atoms with Crippen LogP contribution in [0.5, 0.6) is 0 Å². The molecule has 0 aliphatic carbocycles. The summed E-state index contributed by atoms with van der Waals surface area (Å²) in [5, 5.41) is 12.3. The molecule has 0 aliphatic rings. The number of ether oxygens (including phenoxy) is 2. The number of hydrogen-bond donors (Lipinski definition) is 2. The molecule has 0 radical (unpaired) electrons. The highest BCUT2D eigenvalue weighted by Crippen LogP contribution is 2.38. The third kappa shape index (κ3) is 11.9. The van der Waals surface area contributed by atoms with E-state index in [0.29, 0.717) is 39.9 Å². The first kappa shape index (κ1) is 43.1. The van der Waals surface area contributed by atoms with Gasteiger partial charge in [-0.15, -0.1) is 0 Å². The molecule has 2 N–H and O–H groups in total. The van der Waals surface area contributed by atoms with Gasteiger partial charge in [0.1, 0.15) is 0 Å². The fraction of sp³-hybridized carbons (Fsp3) is 0.310. The molecule has 13 heteroatoms. The Hall–Kier alpha value is -4.62. The van der Waals surface area contributed by atoms with Crippen LogP contribution in [0.15, 0.2) is 72.8 Å². The van der Waals surface area contributed by atoms with E-state index in [0.717, 1.165) is 17.7 Å². The maximum atomic E-state index is 14.2. The second-order valence-corrected chi connectivity index (χ2v) is 13.4. The molecular formula is C42H43ClF6N2O4. The normalized spacial score (nSPS) is 12.3. The van der Waals surface area contributed by atoms with Gasteiger partial charge in [-0.25, -0.2) is 4.79 Å². The third-order valence-corrected chi connectivity index (χ3v) is 9.00. The molecule has 4 aromatic rings. The van der Waals surface area contributed by atoms with E-state index in [2.05, 4.69) is 5.32 Å². The van der Waals surface area contributed by atoms with Crippen molar-refractivity contribution in [2.24, 2.45) is 0 Å². The minimum absolute atomic E-state index is 0.0149. The van der Waals surface area contributed by atoms with E-state index in [9.17, 15) is 31.1 Å². The van der Waals surface area contributed by atoms with Crippen molar-refractivity contribution < 1.29 is 45.7 Å². The van der Waals surface area contributed by atoms with Crippen molar-refractivity contribution in [1.82, 2.24) is 10.2 Å². The summed E-state index contributed by atoms with van der Waals surface area (Å²) in [6.45, 7) is 6.02. The molecule has 0 atom stereocenters. The molecule has 0 aromatic heterocycles. The van der Waals surface area contributed by atoms with Crippen molar-refractivity contribution in [2.75, 3.05) is 33.4 Å². The summed E-state index contributed by atoms with van der Waals surface area (Å²) >= 11 is 6.89. The lowest BCUT2D eigenvalue weighted by atomic mass is 9.94. The molecule has 0 unspecified atom stereocenters. The van der Waals surface area contributed by atoms with Crippen LogP contribution in [0.1, 0.15) is 63.9 Å². The Bertz CT molecular complexity index is 1990. The molecule has 0 aliphatic heterocycles. The van der Waals surface area contributed by atoms with Gasteiger partial charge in [0.2, 0.25) is 0 Å². The molecule has 294 valence electrons. The highest BCUT2D eigenvalue weighted by Gasteiger charge is 2.34.